The van der Waals surface area contributed by atoms with Gasteiger partial charge < -0.3 is 4.90 Å². The second-order valence-corrected chi connectivity index (χ2v) is 4.44. The highest BCUT2D eigenvalue weighted by Gasteiger charge is 2.36. The molecule has 1 aromatic rings. The van der Waals surface area contributed by atoms with E-state index in [9.17, 15) is 9.59 Å². The zero-order chi connectivity index (χ0) is 13.3. The van der Waals surface area contributed by atoms with E-state index in [1.807, 2.05) is 19.9 Å². The standard InChI is InChI=1S/C15H15NO2/c1-4-5-6-7-16-13-11(3)8-10(2)9-12(13)14(17)15(16)18/h8-9H,6-7H2,1-3H3. The van der Waals surface area contributed by atoms with Crippen LogP contribution in [0.15, 0.2) is 12.1 Å². The largest absolute Gasteiger partial charge is 0.304 e. The number of rotatable bonds is 2. The predicted octanol–water partition coefficient (Wildman–Crippen LogP) is 2.25. The van der Waals surface area contributed by atoms with Crippen molar-refractivity contribution in [3.63, 3.8) is 0 Å². The van der Waals surface area contributed by atoms with E-state index in [2.05, 4.69) is 11.8 Å². The summed E-state index contributed by atoms with van der Waals surface area (Å²) in [6, 6.07) is 3.78. The Labute approximate surface area is 107 Å². The average Bonchev–Trinajstić information content (AvgIpc) is 2.55. The van der Waals surface area contributed by atoms with Crippen LogP contribution in [0, 0.1) is 25.7 Å². The van der Waals surface area contributed by atoms with Crippen LogP contribution in [0.2, 0.25) is 0 Å². The zero-order valence-corrected chi connectivity index (χ0v) is 10.8. The van der Waals surface area contributed by atoms with Crippen LogP contribution in [-0.2, 0) is 4.79 Å². The van der Waals surface area contributed by atoms with Gasteiger partial charge >= 0.3 is 0 Å². The molecular weight excluding hydrogens is 226 g/mol. The lowest BCUT2D eigenvalue weighted by molar-refractivity contribution is -0.114. The number of nitrogens with zero attached hydrogens (tertiary/aromatic N) is 1. The Hall–Kier alpha value is -2.08. The summed E-state index contributed by atoms with van der Waals surface area (Å²) in [6.45, 7) is 6.09. The number of benzene rings is 1. The quantitative estimate of drug-likeness (QED) is 0.588. The molecule has 1 heterocycles. The van der Waals surface area contributed by atoms with Gasteiger partial charge in [-0.1, -0.05) is 6.07 Å². The van der Waals surface area contributed by atoms with Crippen molar-refractivity contribution < 1.29 is 9.59 Å². The van der Waals surface area contributed by atoms with Gasteiger partial charge in [0.1, 0.15) is 0 Å². The molecule has 3 heteroatoms. The predicted molar refractivity (Wildman–Crippen MR) is 70.7 cm³/mol. The summed E-state index contributed by atoms with van der Waals surface area (Å²) in [7, 11) is 0. The van der Waals surface area contributed by atoms with E-state index in [1.54, 1.807) is 17.9 Å². The maximum atomic E-state index is 11.9. The van der Waals surface area contributed by atoms with Crippen molar-refractivity contribution in [2.24, 2.45) is 0 Å². The van der Waals surface area contributed by atoms with Gasteiger partial charge in [0.15, 0.2) is 0 Å². The summed E-state index contributed by atoms with van der Waals surface area (Å²) < 4.78 is 0. The maximum Gasteiger partial charge on any atom is 0.299 e. The van der Waals surface area contributed by atoms with Crippen LogP contribution in [0.3, 0.4) is 0 Å². The molecule has 92 valence electrons. The van der Waals surface area contributed by atoms with Gasteiger partial charge in [0.2, 0.25) is 0 Å². The molecule has 0 radical (unpaired) electrons. The van der Waals surface area contributed by atoms with Crippen LogP contribution >= 0.6 is 0 Å². The van der Waals surface area contributed by atoms with Gasteiger partial charge in [-0.15, -0.1) is 11.8 Å². The topological polar surface area (TPSA) is 37.4 Å². The van der Waals surface area contributed by atoms with Crippen LogP contribution < -0.4 is 4.90 Å². The van der Waals surface area contributed by atoms with Gasteiger partial charge in [0.05, 0.1) is 11.3 Å². The van der Waals surface area contributed by atoms with Crippen molar-refractivity contribution in [2.75, 3.05) is 11.4 Å². The van der Waals surface area contributed by atoms with Gasteiger partial charge in [-0.3, -0.25) is 9.59 Å². The molecule has 0 saturated carbocycles. The molecule has 2 rings (SSSR count). The minimum absolute atomic E-state index is 0.402. The summed E-state index contributed by atoms with van der Waals surface area (Å²) in [6.07, 6.45) is 0.586. The van der Waals surface area contributed by atoms with Crippen LogP contribution in [0.1, 0.15) is 34.8 Å². The Kier molecular flexibility index (Phi) is 3.20. The molecule has 18 heavy (non-hydrogen) atoms. The normalized spacial score (nSPS) is 13.4. The van der Waals surface area contributed by atoms with Crippen molar-refractivity contribution >= 4 is 17.4 Å². The number of aryl methyl sites for hydroxylation is 2. The second-order valence-electron chi connectivity index (χ2n) is 4.44. The van der Waals surface area contributed by atoms with Crippen LogP contribution in [0.4, 0.5) is 5.69 Å². The second kappa shape index (κ2) is 4.66. The van der Waals surface area contributed by atoms with Crippen molar-refractivity contribution in [2.45, 2.75) is 27.2 Å². The summed E-state index contributed by atoms with van der Waals surface area (Å²) >= 11 is 0. The number of hydrogen-bond donors (Lipinski definition) is 0. The SMILES string of the molecule is CC#CCCN1C(=O)C(=O)c2cc(C)cc(C)c21. The van der Waals surface area contributed by atoms with Gasteiger partial charge in [-0.05, 0) is 38.0 Å². The van der Waals surface area contributed by atoms with Crippen LogP contribution in [0.5, 0.6) is 0 Å². The fourth-order valence-corrected chi connectivity index (χ4v) is 2.34. The third-order valence-electron chi connectivity index (χ3n) is 3.04. The first kappa shape index (κ1) is 12.4. The summed E-state index contributed by atoms with van der Waals surface area (Å²) in [5.74, 6) is 4.87. The molecular formula is C15H15NO2. The molecule has 0 fully saturated rings. The van der Waals surface area contributed by atoms with Crippen molar-refractivity contribution in [1.29, 1.82) is 0 Å². The number of amides is 1. The van der Waals surface area contributed by atoms with E-state index in [1.165, 1.54) is 0 Å². The Balaban J connectivity index is 2.43. The summed E-state index contributed by atoms with van der Waals surface area (Å²) in [5.41, 5.74) is 3.26. The number of hydrogen-bond acceptors (Lipinski definition) is 2. The fourth-order valence-electron chi connectivity index (χ4n) is 2.34. The molecule has 0 aromatic heterocycles. The monoisotopic (exact) mass is 241 g/mol. The number of ketones is 1. The lowest BCUT2D eigenvalue weighted by Gasteiger charge is -2.17. The molecule has 0 aliphatic carbocycles. The van der Waals surface area contributed by atoms with E-state index in [0.29, 0.717) is 18.5 Å². The highest BCUT2D eigenvalue weighted by atomic mass is 16.2. The Morgan fingerprint density at radius 1 is 1.22 bits per heavy atom. The van der Waals surface area contributed by atoms with Crippen molar-refractivity contribution in [3.8, 4) is 11.8 Å². The molecule has 1 amide bonds. The molecule has 1 aliphatic rings. The number of carbonyl (C=O) groups is 2. The zero-order valence-electron chi connectivity index (χ0n) is 10.8. The number of anilines is 1. The van der Waals surface area contributed by atoms with Gasteiger partial charge in [0, 0.05) is 13.0 Å². The van der Waals surface area contributed by atoms with E-state index in [0.717, 1.165) is 16.8 Å². The first-order valence-electron chi connectivity index (χ1n) is 5.93. The van der Waals surface area contributed by atoms with Crippen molar-refractivity contribution in [3.05, 3.63) is 28.8 Å². The molecule has 0 N–H and O–H groups in total. The summed E-state index contributed by atoms with van der Waals surface area (Å²) in [4.78, 5) is 25.4. The molecule has 0 bridgehead atoms. The smallest absolute Gasteiger partial charge is 0.299 e. The lowest BCUT2D eigenvalue weighted by Crippen LogP contribution is -2.30. The molecule has 0 spiro atoms. The molecule has 0 unspecified atom stereocenters. The molecule has 1 aliphatic heterocycles. The first-order valence-corrected chi connectivity index (χ1v) is 5.93. The number of carbonyl (C=O) groups excluding carboxylic acids is 2. The number of fused-ring (bicyclic) bond motifs is 1. The van der Waals surface area contributed by atoms with Gasteiger partial charge in [-0.2, -0.15) is 0 Å². The van der Waals surface area contributed by atoms with Gasteiger partial charge in [0.25, 0.3) is 11.7 Å². The molecule has 1 aromatic carbocycles. The molecule has 0 saturated heterocycles. The Morgan fingerprint density at radius 2 is 1.94 bits per heavy atom. The minimum Gasteiger partial charge on any atom is -0.304 e. The molecule has 3 nitrogen and oxygen atoms in total. The third-order valence-corrected chi connectivity index (χ3v) is 3.04. The third kappa shape index (κ3) is 1.91. The highest BCUT2D eigenvalue weighted by molar-refractivity contribution is 6.52. The fraction of sp³-hybridized carbons (Fsp3) is 0.333. The first-order chi connectivity index (χ1) is 8.56. The highest BCUT2D eigenvalue weighted by Crippen LogP contribution is 2.33. The maximum absolute atomic E-state index is 11.9. The van der Waals surface area contributed by atoms with E-state index < -0.39 is 11.7 Å². The van der Waals surface area contributed by atoms with Crippen molar-refractivity contribution in [1.82, 2.24) is 0 Å². The molecule has 0 atom stereocenters. The van der Waals surface area contributed by atoms with E-state index in [4.69, 9.17) is 0 Å². The van der Waals surface area contributed by atoms with E-state index >= 15 is 0 Å². The minimum atomic E-state index is -0.434. The van der Waals surface area contributed by atoms with Crippen LogP contribution in [-0.4, -0.2) is 18.2 Å². The summed E-state index contributed by atoms with van der Waals surface area (Å²) in [5, 5.41) is 0. The number of Topliss-reactive ketones (excluding diaryl/α,β-unsaturated/α-hetero) is 1. The lowest BCUT2D eigenvalue weighted by atomic mass is 10.0. The van der Waals surface area contributed by atoms with Crippen LogP contribution in [0.25, 0.3) is 0 Å². The Bertz CT molecular complexity index is 590. The van der Waals surface area contributed by atoms with E-state index in [-0.39, 0.29) is 0 Å². The average molecular weight is 241 g/mol. The Morgan fingerprint density at radius 3 is 2.61 bits per heavy atom. The van der Waals surface area contributed by atoms with Gasteiger partial charge in [-0.25, -0.2) is 0 Å².